The van der Waals surface area contributed by atoms with Crippen LogP contribution in [0.25, 0.3) is 0 Å². The van der Waals surface area contributed by atoms with Crippen LogP contribution in [0.5, 0.6) is 5.88 Å². The molecule has 114 valence electrons. The van der Waals surface area contributed by atoms with E-state index in [1.807, 2.05) is 20.8 Å². The molecule has 1 rings (SSSR count). The van der Waals surface area contributed by atoms with Gasteiger partial charge in [-0.15, -0.1) is 0 Å². The van der Waals surface area contributed by atoms with Crippen molar-refractivity contribution >= 4 is 5.82 Å². The lowest BCUT2D eigenvalue weighted by atomic mass is 10.2. The van der Waals surface area contributed by atoms with Crippen molar-refractivity contribution in [1.82, 2.24) is 9.97 Å². The predicted octanol–water partition coefficient (Wildman–Crippen LogP) is 3.75. The molecule has 0 aliphatic heterocycles. The van der Waals surface area contributed by atoms with E-state index < -0.39 is 12.3 Å². The second-order valence-corrected chi connectivity index (χ2v) is 4.83. The Morgan fingerprint density at radius 2 is 1.90 bits per heavy atom. The molecule has 7 heteroatoms. The minimum Gasteiger partial charge on any atom is -0.465 e. The summed E-state index contributed by atoms with van der Waals surface area (Å²) in [5, 5.41) is 3.03. The van der Waals surface area contributed by atoms with Crippen molar-refractivity contribution in [2.45, 2.75) is 52.3 Å². The lowest BCUT2D eigenvalue weighted by molar-refractivity contribution is -0.190. The largest absolute Gasteiger partial charge is 0.465 e. The first-order valence-corrected chi connectivity index (χ1v) is 6.60. The summed E-state index contributed by atoms with van der Waals surface area (Å²) in [5.41, 5.74) is 0. The molecule has 1 atom stereocenters. The molecular formula is C13H20F3N3O. The van der Waals surface area contributed by atoms with Gasteiger partial charge < -0.3 is 10.1 Å². The monoisotopic (exact) mass is 291 g/mol. The van der Waals surface area contributed by atoms with E-state index in [0.29, 0.717) is 18.2 Å². The summed E-state index contributed by atoms with van der Waals surface area (Å²) in [4.78, 5) is 8.28. The number of alkyl halides is 3. The summed E-state index contributed by atoms with van der Waals surface area (Å²) in [5.74, 6) is 0.874. The Morgan fingerprint density at radius 3 is 2.40 bits per heavy atom. The van der Waals surface area contributed by atoms with Crippen molar-refractivity contribution in [3.05, 3.63) is 11.9 Å². The molecule has 1 aromatic heterocycles. The molecule has 1 heterocycles. The number of aromatic nitrogens is 2. The normalized spacial score (nSPS) is 13.4. The molecule has 0 aromatic carbocycles. The maximum absolute atomic E-state index is 12.5. The van der Waals surface area contributed by atoms with Crippen molar-refractivity contribution in [2.75, 3.05) is 11.9 Å². The van der Waals surface area contributed by atoms with Gasteiger partial charge in [0, 0.05) is 18.5 Å². The predicted molar refractivity (Wildman–Crippen MR) is 71.0 cm³/mol. The lowest BCUT2D eigenvalue weighted by Gasteiger charge is -2.18. The van der Waals surface area contributed by atoms with Crippen LogP contribution in [-0.2, 0) is 0 Å². The van der Waals surface area contributed by atoms with Crippen molar-refractivity contribution in [3.8, 4) is 5.88 Å². The average molecular weight is 291 g/mol. The molecule has 0 saturated heterocycles. The first kappa shape index (κ1) is 16.5. The highest BCUT2D eigenvalue weighted by atomic mass is 19.4. The van der Waals surface area contributed by atoms with E-state index in [4.69, 9.17) is 4.74 Å². The molecule has 1 N–H and O–H groups in total. The van der Waals surface area contributed by atoms with Crippen LogP contribution in [0.15, 0.2) is 6.07 Å². The SMILES string of the molecule is CCCNc1cc(OC(C)C(F)(F)F)nc(C(C)C)n1. The zero-order chi connectivity index (χ0) is 15.3. The number of rotatable bonds is 6. The van der Waals surface area contributed by atoms with Crippen LogP contribution in [0.2, 0.25) is 0 Å². The molecular weight excluding hydrogens is 271 g/mol. The molecule has 0 fully saturated rings. The fourth-order valence-corrected chi connectivity index (χ4v) is 1.35. The molecule has 0 aliphatic carbocycles. The van der Waals surface area contributed by atoms with E-state index in [1.54, 1.807) is 0 Å². The van der Waals surface area contributed by atoms with Gasteiger partial charge in [-0.2, -0.15) is 18.2 Å². The van der Waals surface area contributed by atoms with E-state index in [1.165, 1.54) is 6.07 Å². The fraction of sp³-hybridized carbons (Fsp3) is 0.692. The summed E-state index contributed by atoms with van der Waals surface area (Å²) < 4.78 is 42.4. The maximum atomic E-state index is 12.5. The Labute approximate surface area is 116 Å². The Balaban J connectivity index is 2.96. The highest BCUT2D eigenvalue weighted by Crippen LogP contribution is 2.26. The standard InChI is InChI=1S/C13H20F3N3O/c1-5-6-17-10-7-11(19-12(18-10)8(2)3)20-9(4)13(14,15)16/h7-9H,5-6H2,1-4H3,(H,17,18,19). The third-order valence-corrected chi connectivity index (χ3v) is 2.55. The number of halogens is 3. The smallest absolute Gasteiger partial charge is 0.425 e. The topological polar surface area (TPSA) is 47.0 Å². The zero-order valence-electron chi connectivity index (χ0n) is 12.1. The van der Waals surface area contributed by atoms with E-state index in [2.05, 4.69) is 15.3 Å². The Kier molecular flexibility index (Phi) is 5.59. The van der Waals surface area contributed by atoms with Crippen LogP contribution in [-0.4, -0.2) is 28.8 Å². The van der Waals surface area contributed by atoms with E-state index in [-0.39, 0.29) is 11.8 Å². The number of hydrogen-bond donors (Lipinski definition) is 1. The van der Waals surface area contributed by atoms with Crippen LogP contribution in [0.1, 0.15) is 45.9 Å². The summed E-state index contributed by atoms with van der Waals surface area (Å²) in [6, 6.07) is 1.39. The van der Waals surface area contributed by atoms with Crippen LogP contribution in [0, 0.1) is 0 Å². The molecule has 0 aliphatic rings. The van der Waals surface area contributed by atoms with Gasteiger partial charge >= 0.3 is 6.18 Å². The number of nitrogens with zero attached hydrogens (tertiary/aromatic N) is 2. The highest BCUT2D eigenvalue weighted by molar-refractivity contribution is 5.38. The fourth-order valence-electron chi connectivity index (χ4n) is 1.35. The van der Waals surface area contributed by atoms with E-state index in [9.17, 15) is 13.2 Å². The van der Waals surface area contributed by atoms with Gasteiger partial charge in [0.15, 0.2) is 6.10 Å². The molecule has 4 nitrogen and oxygen atoms in total. The molecule has 0 radical (unpaired) electrons. The molecule has 20 heavy (non-hydrogen) atoms. The van der Waals surface area contributed by atoms with Gasteiger partial charge in [0.1, 0.15) is 11.6 Å². The van der Waals surface area contributed by atoms with Gasteiger partial charge in [0.25, 0.3) is 0 Å². The summed E-state index contributed by atoms with van der Waals surface area (Å²) in [7, 11) is 0. The molecule has 1 unspecified atom stereocenters. The van der Waals surface area contributed by atoms with Crippen LogP contribution < -0.4 is 10.1 Å². The number of hydrogen-bond acceptors (Lipinski definition) is 4. The Bertz CT molecular complexity index is 435. The number of nitrogens with one attached hydrogen (secondary N) is 1. The molecule has 0 amide bonds. The summed E-state index contributed by atoms with van der Waals surface area (Å²) in [6.45, 7) is 7.37. The second-order valence-electron chi connectivity index (χ2n) is 4.83. The van der Waals surface area contributed by atoms with E-state index in [0.717, 1.165) is 13.3 Å². The molecule has 0 bridgehead atoms. The van der Waals surface area contributed by atoms with Crippen molar-refractivity contribution in [3.63, 3.8) is 0 Å². The Hall–Kier alpha value is -1.53. The third-order valence-electron chi connectivity index (χ3n) is 2.55. The van der Waals surface area contributed by atoms with Crippen LogP contribution >= 0.6 is 0 Å². The molecule has 1 aromatic rings. The first-order chi connectivity index (χ1) is 9.24. The summed E-state index contributed by atoms with van der Waals surface area (Å²) in [6.07, 6.45) is -5.44. The van der Waals surface area contributed by atoms with Gasteiger partial charge in [-0.25, -0.2) is 4.98 Å². The first-order valence-electron chi connectivity index (χ1n) is 6.60. The number of ether oxygens (including phenoxy) is 1. The zero-order valence-corrected chi connectivity index (χ0v) is 12.1. The molecule has 0 saturated carbocycles. The number of anilines is 1. The average Bonchev–Trinajstić information content (AvgIpc) is 2.34. The van der Waals surface area contributed by atoms with E-state index >= 15 is 0 Å². The minimum atomic E-state index is -4.42. The minimum absolute atomic E-state index is 0.00178. The van der Waals surface area contributed by atoms with Gasteiger partial charge in [-0.3, -0.25) is 0 Å². The van der Waals surface area contributed by atoms with Crippen molar-refractivity contribution < 1.29 is 17.9 Å². The van der Waals surface area contributed by atoms with Gasteiger partial charge in [0.2, 0.25) is 5.88 Å². The van der Waals surface area contributed by atoms with Gasteiger partial charge in [-0.05, 0) is 13.3 Å². The van der Waals surface area contributed by atoms with Crippen LogP contribution in [0.4, 0.5) is 19.0 Å². The lowest BCUT2D eigenvalue weighted by Crippen LogP contribution is -2.31. The van der Waals surface area contributed by atoms with Crippen LogP contribution in [0.3, 0.4) is 0 Å². The highest BCUT2D eigenvalue weighted by Gasteiger charge is 2.38. The van der Waals surface area contributed by atoms with Crippen molar-refractivity contribution in [2.24, 2.45) is 0 Å². The molecule has 0 spiro atoms. The second kappa shape index (κ2) is 6.76. The van der Waals surface area contributed by atoms with Crippen molar-refractivity contribution in [1.29, 1.82) is 0 Å². The Morgan fingerprint density at radius 1 is 1.25 bits per heavy atom. The summed E-state index contributed by atoms with van der Waals surface area (Å²) >= 11 is 0. The third kappa shape index (κ3) is 4.86. The van der Waals surface area contributed by atoms with Gasteiger partial charge in [-0.1, -0.05) is 20.8 Å². The maximum Gasteiger partial charge on any atom is 0.425 e. The quantitative estimate of drug-likeness (QED) is 0.867. The van der Waals surface area contributed by atoms with Gasteiger partial charge in [0.05, 0.1) is 0 Å².